The van der Waals surface area contributed by atoms with Gasteiger partial charge in [-0.15, -0.1) is 0 Å². The smallest absolute Gasteiger partial charge is 0.223 e. The van der Waals surface area contributed by atoms with Gasteiger partial charge in [-0.3, -0.25) is 4.79 Å². The van der Waals surface area contributed by atoms with Gasteiger partial charge in [0.15, 0.2) is 0 Å². The normalized spacial score (nSPS) is 32.4. The van der Waals surface area contributed by atoms with Crippen molar-refractivity contribution in [1.29, 1.82) is 0 Å². The molecule has 3 rings (SSSR count). The second-order valence-corrected chi connectivity index (χ2v) is 7.11. The van der Waals surface area contributed by atoms with E-state index in [1.165, 1.54) is 0 Å². The number of nitrogens with one attached hydrogen (secondary N) is 1. The first-order chi connectivity index (χ1) is 8.88. The van der Waals surface area contributed by atoms with Gasteiger partial charge in [0.2, 0.25) is 5.91 Å². The van der Waals surface area contributed by atoms with Crippen molar-refractivity contribution < 1.29 is 4.79 Å². The minimum absolute atomic E-state index is 0.118. The molecule has 0 saturated heterocycles. The van der Waals surface area contributed by atoms with Crippen LogP contribution in [0.2, 0.25) is 5.02 Å². The number of amides is 1. The van der Waals surface area contributed by atoms with Gasteiger partial charge in [-0.1, -0.05) is 18.5 Å². The van der Waals surface area contributed by atoms with E-state index in [0.29, 0.717) is 5.02 Å². The van der Waals surface area contributed by atoms with Crippen LogP contribution in [-0.4, -0.2) is 17.4 Å². The molecule has 1 saturated carbocycles. The zero-order valence-corrected chi connectivity index (χ0v) is 12.9. The summed E-state index contributed by atoms with van der Waals surface area (Å²) in [5, 5.41) is 4.01. The number of carbonyl (C=O) groups is 1. The molecule has 1 amide bonds. The molecular formula is C13H15BrClN3O. The minimum Gasteiger partial charge on any atom is -0.369 e. The van der Waals surface area contributed by atoms with Crippen molar-refractivity contribution in [1.82, 2.24) is 4.98 Å². The predicted octanol–water partition coefficient (Wildman–Crippen LogP) is 2.84. The van der Waals surface area contributed by atoms with E-state index in [2.05, 4.69) is 26.2 Å². The van der Waals surface area contributed by atoms with Gasteiger partial charge < -0.3 is 11.1 Å². The molecule has 6 heteroatoms. The third-order valence-electron chi connectivity index (χ3n) is 4.58. The average Bonchev–Trinajstić information content (AvgIpc) is 2.88. The standard InChI is InChI=1S/C13H15BrClN3O/c1-12(11(16)19)2-3-13(5-12)6-18-10-8(13)9(15)7(14)4-17-10/h4H,2-3,5-6H2,1H3,(H2,16,19)(H,17,18)/t12-,13+/m1/s1. The van der Waals surface area contributed by atoms with Crippen molar-refractivity contribution in [3.8, 4) is 0 Å². The highest BCUT2D eigenvalue weighted by molar-refractivity contribution is 9.10. The summed E-state index contributed by atoms with van der Waals surface area (Å²) in [6.07, 6.45) is 4.14. The first kappa shape index (κ1) is 13.2. The van der Waals surface area contributed by atoms with Crippen molar-refractivity contribution in [2.45, 2.75) is 31.6 Å². The molecule has 102 valence electrons. The highest BCUT2D eigenvalue weighted by atomic mass is 79.9. The van der Waals surface area contributed by atoms with Crippen LogP contribution in [0.25, 0.3) is 0 Å². The maximum Gasteiger partial charge on any atom is 0.223 e. The fourth-order valence-electron chi connectivity index (χ4n) is 3.44. The molecule has 0 bridgehead atoms. The maximum absolute atomic E-state index is 11.7. The van der Waals surface area contributed by atoms with Crippen LogP contribution >= 0.6 is 27.5 Å². The Balaban J connectivity index is 2.08. The van der Waals surface area contributed by atoms with Crippen molar-refractivity contribution in [2.75, 3.05) is 11.9 Å². The molecule has 1 aliphatic heterocycles. The summed E-state index contributed by atoms with van der Waals surface area (Å²) in [6.45, 7) is 2.72. The Morgan fingerprint density at radius 3 is 2.95 bits per heavy atom. The number of rotatable bonds is 1. The molecule has 1 aliphatic carbocycles. The maximum atomic E-state index is 11.7. The summed E-state index contributed by atoms with van der Waals surface area (Å²) >= 11 is 9.86. The Morgan fingerprint density at radius 1 is 1.58 bits per heavy atom. The molecule has 1 spiro atoms. The lowest BCUT2D eigenvalue weighted by atomic mass is 9.77. The Kier molecular flexibility index (Phi) is 2.84. The predicted molar refractivity (Wildman–Crippen MR) is 78.3 cm³/mol. The molecule has 0 radical (unpaired) electrons. The molecule has 0 unspecified atom stereocenters. The molecule has 4 nitrogen and oxygen atoms in total. The zero-order valence-electron chi connectivity index (χ0n) is 10.6. The van der Waals surface area contributed by atoms with Crippen LogP contribution in [0.5, 0.6) is 0 Å². The van der Waals surface area contributed by atoms with Gasteiger partial charge in [0.1, 0.15) is 5.82 Å². The minimum atomic E-state index is -0.449. The van der Waals surface area contributed by atoms with Crippen molar-refractivity contribution in [3.63, 3.8) is 0 Å². The van der Waals surface area contributed by atoms with Crippen LogP contribution in [0, 0.1) is 5.41 Å². The number of aromatic nitrogens is 1. The molecule has 0 aromatic carbocycles. The number of nitrogens with two attached hydrogens (primary N) is 1. The highest BCUT2D eigenvalue weighted by Crippen LogP contribution is 2.56. The van der Waals surface area contributed by atoms with Crippen molar-refractivity contribution in [2.24, 2.45) is 11.1 Å². The lowest BCUT2D eigenvalue weighted by molar-refractivity contribution is -0.126. The lowest BCUT2D eigenvalue weighted by Crippen LogP contribution is -2.35. The van der Waals surface area contributed by atoms with E-state index in [4.69, 9.17) is 17.3 Å². The Morgan fingerprint density at radius 2 is 2.32 bits per heavy atom. The third kappa shape index (κ3) is 1.78. The summed E-state index contributed by atoms with van der Waals surface area (Å²) in [6, 6.07) is 0. The molecule has 3 N–H and O–H groups in total. The van der Waals surface area contributed by atoms with E-state index < -0.39 is 5.41 Å². The van der Waals surface area contributed by atoms with Crippen LogP contribution in [0.15, 0.2) is 10.7 Å². The van der Waals surface area contributed by atoms with Crippen molar-refractivity contribution in [3.05, 3.63) is 21.3 Å². The van der Waals surface area contributed by atoms with Gasteiger partial charge in [-0.2, -0.15) is 0 Å². The third-order valence-corrected chi connectivity index (χ3v) is 5.80. The molecule has 2 atom stereocenters. The van der Waals surface area contributed by atoms with Gasteiger partial charge in [0, 0.05) is 29.1 Å². The number of pyridine rings is 1. The van der Waals surface area contributed by atoms with Crippen LogP contribution in [0.4, 0.5) is 5.82 Å². The Bertz CT molecular complexity index is 579. The lowest BCUT2D eigenvalue weighted by Gasteiger charge is -2.27. The van der Waals surface area contributed by atoms with E-state index in [1.54, 1.807) is 6.20 Å². The summed E-state index contributed by atoms with van der Waals surface area (Å²) in [4.78, 5) is 16.0. The molecule has 19 heavy (non-hydrogen) atoms. The largest absolute Gasteiger partial charge is 0.369 e. The number of halogens is 2. The van der Waals surface area contributed by atoms with Gasteiger partial charge >= 0.3 is 0 Å². The molecule has 1 fully saturated rings. The number of primary amides is 1. The van der Waals surface area contributed by atoms with Gasteiger partial charge in [0.05, 0.1) is 9.50 Å². The summed E-state index contributed by atoms with van der Waals surface area (Å²) in [7, 11) is 0. The van der Waals surface area contributed by atoms with Gasteiger partial charge in [-0.25, -0.2) is 4.98 Å². The number of fused-ring (bicyclic) bond motifs is 2. The second kappa shape index (κ2) is 4.09. The van der Waals surface area contributed by atoms with E-state index in [0.717, 1.165) is 41.7 Å². The van der Waals surface area contributed by atoms with Gasteiger partial charge in [-0.05, 0) is 35.2 Å². The summed E-state index contributed by atoms with van der Waals surface area (Å²) in [5.74, 6) is 0.610. The van der Waals surface area contributed by atoms with E-state index in [1.807, 2.05) is 6.92 Å². The molecule has 2 heterocycles. The van der Waals surface area contributed by atoms with Crippen LogP contribution in [0.1, 0.15) is 31.7 Å². The van der Waals surface area contributed by atoms with E-state index >= 15 is 0 Å². The monoisotopic (exact) mass is 343 g/mol. The first-order valence-corrected chi connectivity index (χ1v) is 7.43. The quantitative estimate of drug-likeness (QED) is 0.823. The first-order valence-electron chi connectivity index (χ1n) is 6.26. The van der Waals surface area contributed by atoms with E-state index in [-0.39, 0.29) is 11.3 Å². The Hall–Kier alpha value is -0.810. The van der Waals surface area contributed by atoms with Crippen molar-refractivity contribution >= 4 is 39.3 Å². The second-order valence-electron chi connectivity index (χ2n) is 5.88. The summed E-state index contributed by atoms with van der Waals surface area (Å²) in [5.41, 5.74) is 6.02. The molecule has 2 aliphatic rings. The van der Waals surface area contributed by atoms with Gasteiger partial charge in [0.25, 0.3) is 0 Å². The number of nitrogens with zero attached hydrogens (tertiary/aromatic N) is 1. The topological polar surface area (TPSA) is 68.0 Å². The number of hydrogen-bond acceptors (Lipinski definition) is 3. The Labute approximate surface area is 125 Å². The average molecular weight is 345 g/mol. The number of anilines is 1. The van der Waals surface area contributed by atoms with E-state index in [9.17, 15) is 4.79 Å². The van der Waals surface area contributed by atoms with Crippen LogP contribution in [-0.2, 0) is 10.2 Å². The highest BCUT2D eigenvalue weighted by Gasteiger charge is 2.53. The molecular weight excluding hydrogens is 330 g/mol. The SMILES string of the molecule is C[C@@]1(C(N)=O)CC[C@@]2(CNc3ncc(Br)c(Cl)c32)C1. The molecule has 1 aromatic rings. The number of carbonyl (C=O) groups excluding carboxylic acids is 1. The zero-order chi connectivity index (χ0) is 13.8. The number of hydrogen-bond donors (Lipinski definition) is 2. The van der Waals surface area contributed by atoms with Crippen LogP contribution in [0.3, 0.4) is 0 Å². The van der Waals surface area contributed by atoms with Crippen LogP contribution < -0.4 is 11.1 Å². The molecule has 1 aromatic heterocycles. The fourth-order valence-corrected chi connectivity index (χ4v) is 4.08. The fraction of sp³-hybridized carbons (Fsp3) is 0.538. The summed E-state index contributed by atoms with van der Waals surface area (Å²) < 4.78 is 0.795.